The van der Waals surface area contributed by atoms with Gasteiger partial charge in [0.15, 0.2) is 5.43 Å². The first-order valence-corrected chi connectivity index (χ1v) is 5.81. The van der Waals surface area contributed by atoms with Crippen LogP contribution >= 0.6 is 0 Å². The first-order chi connectivity index (χ1) is 8.13. The summed E-state index contributed by atoms with van der Waals surface area (Å²) in [5.74, 6) is 0.704. The highest BCUT2D eigenvalue weighted by Gasteiger charge is 2.18. The van der Waals surface area contributed by atoms with E-state index in [1.165, 1.54) is 6.92 Å². The molecule has 0 spiro atoms. The molecule has 2 N–H and O–H groups in total. The van der Waals surface area contributed by atoms with Crippen LogP contribution in [0.15, 0.2) is 10.9 Å². The number of anilines is 1. The van der Waals surface area contributed by atoms with Crippen molar-refractivity contribution in [1.82, 2.24) is 9.88 Å². The number of aromatic nitrogens is 1. The Bertz CT molecular complexity index is 505. The van der Waals surface area contributed by atoms with Crippen LogP contribution in [0.5, 0.6) is 0 Å². The van der Waals surface area contributed by atoms with Crippen molar-refractivity contribution in [3.8, 4) is 0 Å². The molecule has 0 aliphatic carbocycles. The second-order valence-electron chi connectivity index (χ2n) is 4.24. The molecule has 1 aromatic rings. The Morgan fingerprint density at radius 1 is 1.53 bits per heavy atom. The lowest BCUT2D eigenvalue weighted by Gasteiger charge is -2.16. The Morgan fingerprint density at radius 2 is 2.29 bits per heavy atom. The van der Waals surface area contributed by atoms with Gasteiger partial charge in [-0.05, 0) is 12.8 Å². The van der Waals surface area contributed by atoms with Gasteiger partial charge in [-0.1, -0.05) is 0 Å². The summed E-state index contributed by atoms with van der Waals surface area (Å²) in [6.07, 6.45) is 2.02. The number of amides is 1. The molecule has 2 heterocycles. The number of carbonyl (C=O) groups excluding carboxylic acids is 1. The number of carbonyl (C=O) groups is 1. The molecule has 2 rings (SSSR count). The molecule has 1 aromatic heterocycles. The highest BCUT2D eigenvalue weighted by Crippen LogP contribution is 2.21. The summed E-state index contributed by atoms with van der Waals surface area (Å²) in [7, 11) is 1.80. The van der Waals surface area contributed by atoms with Crippen LogP contribution in [0.1, 0.15) is 24.6 Å². The molecule has 0 saturated heterocycles. The number of rotatable bonds is 3. The van der Waals surface area contributed by atoms with Crippen molar-refractivity contribution in [1.29, 1.82) is 0 Å². The highest BCUT2D eigenvalue weighted by atomic mass is 16.1. The summed E-state index contributed by atoms with van der Waals surface area (Å²) in [6.45, 7) is 2.66. The summed E-state index contributed by atoms with van der Waals surface area (Å²) < 4.78 is 2.12. The number of hydrogen-bond acceptors (Lipinski definition) is 3. The highest BCUT2D eigenvalue weighted by molar-refractivity contribution is 5.73. The standard InChI is InChI=1S/C12H17N3O2/c1-8(16)14-7-10-11(17)6-9-4-3-5-15(9)12(10)13-2/h6,13H,3-5,7H2,1-2H3,(H,14,16). The lowest BCUT2D eigenvalue weighted by Crippen LogP contribution is -2.26. The maximum atomic E-state index is 12.0. The Morgan fingerprint density at radius 3 is 2.94 bits per heavy atom. The largest absolute Gasteiger partial charge is 0.374 e. The van der Waals surface area contributed by atoms with Crippen molar-refractivity contribution in [2.45, 2.75) is 32.9 Å². The van der Waals surface area contributed by atoms with Gasteiger partial charge in [0, 0.05) is 32.3 Å². The fourth-order valence-electron chi connectivity index (χ4n) is 2.29. The summed E-state index contributed by atoms with van der Waals surface area (Å²) in [6, 6.07) is 1.69. The first kappa shape index (κ1) is 11.7. The second-order valence-corrected chi connectivity index (χ2v) is 4.24. The molecule has 17 heavy (non-hydrogen) atoms. The summed E-state index contributed by atoms with van der Waals surface area (Å²) in [5, 5.41) is 5.75. The molecule has 0 saturated carbocycles. The minimum atomic E-state index is -0.128. The lowest BCUT2D eigenvalue weighted by molar-refractivity contribution is -0.119. The summed E-state index contributed by atoms with van der Waals surface area (Å²) in [5.41, 5.74) is 1.70. The molecule has 1 aliphatic rings. The average molecular weight is 235 g/mol. The predicted molar refractivity (Wildman–Crippen MR) is 66.1 cm³/mol. The van der Waals surface area contributed by atoms with Gasteiger partial charge in [-0.25, -0.2) is 0 Å². The van der Waals surface area contributed by atoms with Crippen LogP contribution in [-0.4, -0.2) is 17.5 Å². The molecular weight excluding hydrogens is 218 g/mol. The van der Waals surface area contributed by atoms with Crippen molar-refractivity contribution in [2.24, 2.45) is 0 Å². The summed E-state index contributed by atoms with van der Waals surface area (Å²) >= 11 is 0. The second kappa shape index (κ2) is 4.61. The number of aryl methyl sites for hydroxylation is 1. The third-order valence-electron chi connectivity index (χ3n) is 3.06. The maximum absolute atomic E-state index is 12.0. The van der Waals surface area contributed by atoms with Crippen molar-refractivity contribution >= 4 is 11.7 Å². The van der Waals surface area contributed by atoms with E-state index in [-0.39, 0.29) is 17.9 Å². The monoisotopic (exact) mass is 235 g/mol. The van der Waals surface area contributed by atoms with Crippen LogP contribution in [0.4, 0.5) is 5.82 Å². The molecule has 1 aliphatic heterocycles. The van der Waals surface area contributed by atoms with Crippen molar-refractivity contribution in [3.63, 3.8) is 0 Å². The van der Waals surface area contributed by atoms with E-state index in [4.69, 9.17) is 0 Å². The van der Waals surface area contributed by atoms with Crippen molar-refractivity contribution in [2.75, 3.05) is 12.4 Å². The summed E-state index contributed by atoms with van der Waals surface area (Å²) in [4.78, 5) is 22.9. The third-order valence-corrected chi connectivity index (χ3v) is 3.06. The van der Waals surface area contributed by atoms with Gasteiger partial charge in [-0.2, -0.15) is 0 Å². The van der Waals surface area contributed by atoms with E-state index >= 15 is 0 Å². The van der Waals surface area contributed by atoms with Crippen LogP contribution in [0.2, 0.25) is 0 Å². The molecule has 0 fully saturated rings. The molecule has 0 bridgehead atoms. The fourth-order valence-corrected chi connectivity index (χ4v) is 2.29. The van der Waals surface area contributed by atoms with Gasteiger partial charge in [0.1, 0.15) is 5.82 Å². The van der Waals surface area contributed by atoms with E-state index in [1.807, 2.05) is 0 Å². The predicted octanol–water partition coefficient (Wildman–Crippen LogP) is 0.472. The van der Waals surface area contributed by atoms with Gasteiger partial charge in [-0.15, -0.1) is 0 Å². The number of nitrogens with one attached hydrogen (secondary N) is 2. The molecule has 0 radical (unpaired) electrons. The van der Waals surface area contributed by atoms with E-state index in [0.29, 0.717) is 5.56 Å². The Balaban J connectivity index is 2.43. The number of hydrogen-bond donors (Lipinski definition) is 2. The lowest BCUT2D eigenvalue weighted by atomic mass is 10.2. The number of pyridine rings is 1. The van der Waals surface area contributed by atoms with Gasteiger partial charge >= 0.3 is 0 Å². The Kier molecular flexibility index (Phi) is 3.17. The topological polar surface area (TPSA) is 63.1 Å². The van der Waals surface area contributed by atoms with Crippen LogP contribution in [0.3, 0.4) is 0 Å². The van der Waals surface area contributed by atoms with E-state index in [2.05, 4.69) is 15.2 Å². The van der Waals surface area contributed by atoms with Gasteiger partial charge in [0.05, 0.1) is 12.1 Å². The van der Waals surface area contributed by atoms with Crippen LogP contribution in [0, 0.1) is 0 Å². The van der Waals surface area contributed by atoms with Crippen LogP contribution in [0.25, 0.3) is 0 Å². The maximum Gasteiger partial charge on any atom is 0.217 e. The first-order valence-electron chi connectivity index (χ1n) is 5.81. The Labute approximate surface area is 99.8 Å². The third kappa shape index (κ3) is 2.18. The number of nitrogens with zero attached hydrogens (tertiary/aromatic N) is 1. The SMILES string of the molecule is CNc1c(CNC(C)=O)c(=O)cc2n1CCC2. The van der Waals surface area contributed by atoms with Gasteiger partial charge in [-0.3, -0.25) is 9.59 Å². The molecule has 92 valence electrons. The van der Waals surface area contributed by atoms with Gasteiger partial charge < -0.3 is 15.2 Å². The van der Waals surface area contributed by atoms with Gasteiger partial charge in [0.25, 0.3) is 0 Å². The van der Waals surface area contributed by atoms with E-state index in [1.54, 1.807) is 13.1 Å². The van der Waals surface area contributed by atoms with Crippen molar-refractivity contribution < 1.29 is 4.79 Å². The molecule has 0 atom stereocenters. The molecule has 0 unspecified atom stereocenters. The fraction of sp³-hybridized carbons (Fsp3) is 0.500. The average Bonchev–Trinajstić information content (AvgIpc) is 2.72. The quantitative estimate of drug-likeness (QED) is 0.800. The normalized spacial score (nSPS) is 13.3. The number of fused-ring (bicyclic) bond motifs is 1. The molecule has 1 amide bonds. The smallest absolute Gasteiger partial charge is 0.217 e. The van der Waals surface area contributed by atoms with E-state index in [9.17, 15) is 9.59 Å². The van der Waals surface area contributed by atoms with Gasteiger partial charge in [0.2, 0.25) is 5.91 Å². The van der Waals surface area contributed by atoms with Crippen molar-refractivity contribution in [3.05, 3.63) is 27.5 Å². The molecule has 0 aromatic carbocycles. The van der Waals surface area contributed by atoms with E-state index < -0.39 is 0 Å². The minimum Gasteiger partial charge on any atom is -0.374 e. The minimum absolute atomic E-state index is 0.00347. The van der Waals surface area contributed by atoms with Crippen LogP contribution < -0.4 is 16.1 Å². The zero-order valence-corrected chi connectivity index (χ0v) is 10.2. The molecular formula is C12H17N3O2. The van der Waals surface area contributed by atoms with E-state index in [0.717, 1.165) is 30.9 Å². The zero-order valence-electron chi connectivity index (χ0n) is 10.2. The molecule has 5 heteroatoms. The Hall–Kier alpha value is -1.78. The molecule has 5 nitrogen and oxygen atoms in total. The van der Waals surface area contributed by atoms with Crippen LogP contribution in [-0.2, 0) is 24.3 Å². The zero-order chi connectivity index (χ0) is 12.4.